The maximum Gasteiger partial charge on any atom is 0.225 e. The Kier molecular flexibility index (Phi) is 5.01. The monoisotopic (exact) mass is 308 g/mol. The van der Waals surface area contributed by atoms with E-state index in [0.29, 0.717) is 19.1 Å². The van der Waals surface area contributed by atoms with Crippen LogP contribution in [0.2, 0.25) is 0 Å². The van der Waals surface area contributed by atoms with Crippen LogP contribution < -0.4 is 10.6 Å². The van der Waals surface area contributed by atoms with E-state index in [1.165, 1.54) is 5.56 Å². The predicted octanol–water partition coefficient (Wildman–Crippen LogP) is 3.30. The average Bonchev–Trinajstić information content (AvgIpc) is 2.61. The van der Waals surface area contributed by atoms with Gasteiger partial charge in [0.2, 0.25) is 5.95 Å². The SMILES string of the molecule is COCCNc1nc(NCc2ccccc2)c2ccccc2n1. The highest BCUT2D eigenvalue weighted by atomic mass is 16.5. The topological polar surface area (TPSA) is 59.1 Å². The summed E-state index contributed by atoms with van der Waals surface area (Å²) >= 11 is 0. The van der Waals surface area contributed by atoms with Gasteiger partial charge >= 0.3 is 0 Å². The Balaban J connectivity index is 1.84. The summed E-state index contributed by atoms with van der Waals surface area (Å²) in [6, 6.07) is 18.3. The van der Waals surface area contributed by atoms with Crippen molar-refractivity contribution in [3.8, 4) is 0 Å². The molecule has 1 heterocycles. The van der Waals surface area contributed by atoms with Crippen LogP contribution in [0, 0.1) is 0 Å². The molecule has 0 fully saturated rings. The van der Waals surface area contributed by atoms with Crippen molar-refractivity contribution in [3.05, 3.63) is 60.2 Å². The Morgan fingerprint density at radius 2 is 1.70 bits per heavy atom. The van der Waals surface area contributed by atoms with Gasteiger partial charge in [-0.15, -0.1) is 0 Å². The van der Waals surface area contributed by atoms with E-state index in [1.54, 1.807) is 7.11 Å². The molecule has 2 aromatic carbocycles. The maximum atomic E-state index is 5.05. The minimum atomic E-state index is 0.608. The Hall–Kier alpha value is -2.66. The smallest absolute Gasteiger partial charge is 0.225 e. The van der Waals surface area contributed by atoms with Gasteiger partial charge in [-0.1, -0.05) is 42.5 Å². The van der Waals surface area contributed by atoms with Crippen LogP contribution in [-0.4, -0.2) is 30.2 Å². The van der Waals surface area contributed by atoms with Gasteiger partial charge < -0.3 is 15.4 Å². The first-order chi connectivity index (χ1) is 11.4. The lowest BCUT2D eigenvalue weighted by Gasteiger charge is -2.12. The van der Waals surface area contributed by atoms with Crippen LogP contribution >= 0.6 is 0 Å². The minimum Gasteiger partial charge on any atom is -0.383 e. The number of methoxy groups -OCH3 is 1. The normalized spacial score (nSPS) is 10.7. The van der Waals surface area contributed by atoms with E-state index < -0.39 is 0 Å². The molecule has 0 atom stereocenters. The Morgan fingerprint density at radius 3 is 2.52 bits per heavy atom. The number of benzene rings is 2. The number of fused-ring (bicyclic) bond motifs is 1. The molecule has 0 saturated heterocycles. The zero-order valence-corrected chi connectivity index (χ0v) is 13.1. The molecule has 0 spiro atoms. The molecule has 23 heavy (non-hydrogen) atoms. The van der Waals surface area contributed by atoms with Gasteiger partial charge in [-0.05, 0) is 17.7 Å². The average molecular weight is 308 g/mol. The molecule has 0 unspecified atom stereocenters. The molecule has 5 heteroatoms. The largest absolute Gasteiger partial charge is 0.383 e. The van der Waals surface area contributed by atoms with Crippen LogP contribution in [0.3, 0.4) is 0 Å². The molecule has 2 N–H and O–H groups in total. The van der Waals surface area contributed by atoms with E-state index in [-0.39, 0.29) is 0 Å². The summed E-state index contributed by atoms with van der Waals surface area (Å²) in [6.45, 7) is 2.01. The molecule has 0 radical (unpaired) electrons. The van der Waals surface area contributed by atoms with Crippen molar-refractivity contribution in [2.75, 3.05) is 30.9 Å². The molecule has 0 amide bonds. The van der Waals surface area contributed by atoms with Gasteiger partial charge in [0.1, 0.15) is 5.82 Å². The van der Waals surface area contributed by atoms with Gasteiger partial charge in [0.25, 0.3) is 0 Å². The standard InChI is InChI=1S/C18H20N4O/c1-23-12-11-19-18-21-16-10-6-5-9-15(16)17(22-18)20-13-14-7-3-2-4-8-14/h2-10H,11-13H2,1H3,(H2,19,20,21,22). The number of anilines is 2. The third-order valence-corrected chi connectivity index (χ3v) is 3.50. The third-order valence-electron chi connectivity index (χ3n) is 3.50. The molecule has 3 aromatic rings. The lowest BCUT2D eigenvalue weighted by molar-refractivity contribution is 0.210. The van der Waals surface area contributed by atoms with Crippen LogP contribution in [0.15, 0.2) is 54.6 Å². The second kappa shape index (κ2) is 7.56. The summed E-state index contributed by atoms with van der Waals surface area (Å²) in [6.07, 6.45) is 0. The molecule has 0 bridgehead atoms. The van der Waals surface area contributed by atoms with Crippen molar-refractivity contribution < 1.29 is 4.74 Å². The number of para-hydroxylation sites is 1. The van der Waals surface area contributed by atoms with Crippen molar-refractivity contribution >= 4 is 22.7 Å². The van der Waals surface area contributed by atoms with Crippen molar-refractivity contribution in [2.45, 2.75) is 6.54 Å². The summed E-state index contributed by atoms with van der Waals surface area (Å²) in [7, 11) is 1.68. The van der Waals surface area contributed by atoms with Crippen LogP contribution in [0.25, 0.3) is 10.9 Å². The van der Waals surface area contributed by atoms with E-state index in [4.69, 9.17) is 4.74 Å². The fraction of sp³-hybridized carbons (Fsp3) is 0.222. The van der Waals surface area contributed by atoms with Crippen molar-refractivity contribution in [2.24, 2.45) is 0 Å². The third kappa shape index (κ3) is 3.96. The molecule has 118 valence electrons. The van der Waals surface area contributed by atoms with Crippen LogP contribution in [0.4, 0.5) is 11.8 Å². The highest BCUT2D eigenvalue weighted by molar-refractivity contribution is 5.89. The summed E-state index contributed by atoms with van der Waals surface area (Å²) in [5, 5.41) is 7.62. The van der Waals surface area contributed by atoms with Gasteiger partial charge in [-0.2, -0.15) is 4.98 Å². The number of nitrogens with one attached hydrogen (secondary N) is 2. The maximum absolute atomic E-state index is 5.05. The van der Waals surface area contributed by atoms with Gasteiger partial charge in [0.15, 0.2) is 0 Å². The first-order valence-electron chi connectivity index (χ1n) is 7.64. The van der Waals surface area contributed by atoms with Crippen molar-refractivity contribution in [1.29, 1.82) is 0 Å². The lowest BCUT2D eigenvalue weighted by atomic mass is 10.2. The first-order valence-corrected chi connectivity index (χ1v) is 7.64. The molecule has 3 rings (SSSR count). The number of hydrogen-bond donors (Lipinski definition) is 2. The lowest BCUT2D eigenvalue weighted by Crippen LogP contribution is -2.12. The fourth-order valence-corrected chi connectivity index (χ4v) is 2.34. The molecule has 0 aliphatic carbocycles. The van der Waals surface area contributed by atoms with Crippen molar-refractivity contribution in [3.63, 3.8) is 0 Å². The van der Waals surface area contributed by atoms with E-state index in [1.807, 2.05) is 42.5 Å². The Bertz CT molecular complexity index is 761. The summed E-state index contributed by atoms with van der Waals surface area (Å²) < 4.78 is 5.05. The van der Waals surface area contributed by atoms with E-state index in [2.05, 4.69) is 32.7 Å². The molecule has 0 aliphatic heterocycles. The second-order valence-electron chi connectivity index (χ2n) is 5.17. The molecule has 1 aromatic heterocycles. The molecular formula is C18H20N4O. The zero-order chi connectivity index (χ0) is 15.9. The summed E-state index contributed by atoms with van der Waals surface area (Å²) in [4.78, 5) is 9.14. The van der Waals surface area contributed by atoms with Crippen molar-refractivity contribution in [1.82, 2.24) is 9.97 Å². The zero-order valence-electron chi connectivity index (χ0n) is 13.1. The molecule has 5 nitrogen and oxygen atoms in total. The fourth-order valence-electron chi connectivity index (χ4n) is 2.34. The van der Waals surface area contributed by atoms with Crippen LogP contribution in [0.1, 0.15) is 5.56 Å². The summed E-state index contributed by atoms with van der Waals surface area (Å²) in [5.74, 6) is 1.44. The second-order valence-corrected chi connectivity index (χ2v) is 5.17. The van der Waals surface area contributed by atoms with E-state index in [9.17, 15) is 0 Å². The quantitative estimate of drug-likeness (QED) is 0.656. The number of hydrogen-bond acceptors (Lipinski definition) is 5. The van der Waals surface area contributed by atoms with Gasteiger partial charge in [-0.3, -0.25) is 0 Å². The minimum absolute atomic E-state index is 0.608. The van der Waals surface area contributed by atoms with Gasteiger partial charge in [-0.25, -0.2) is 4.98 Å². The molecular weight excluding hydrogens is 288 g/mol. The number of rotatable bonds is 7. The van der Waals surface area contributed by atoms with Gasteiger partial charge in [0, 0.05) is 25.6 Å². The number of ether oxygens (including phenoxy) is 1. The highest BCUT2D eigenvalue weighted by Crippen LogP contribution is 2.22. The molecule has 0 aliphatic rings. The summed E-state index contributed by atoms with van der Waals surface area (Å²) in [5.41, 5.74) is 2.13. The highest BCUT2D eigenvalue weighted by Gasteiger charge is 2.07. The van der Waals surface area contributed by atoms with Gasteiger partial charge in [0.05, 0.1) is 12.1 Å². The Labute approximate surface area is 135 Å². The van der Waals surface area contributed by atoms with Crippen LogP contribution in [-0.2, 0) is 11.3 Å². The predicted molar refractivity (Wildman–Crippen MR) is 93.7 cm³/mol. The van der Waals surface area contributed by atoms with E-state index >= 15 is 0 Å². The number of aromatic nitrogens is 2. The number of nitrogens with zero attached hydrogens (tertiary/aromatic N) is 2. The Morgan fingerprint density at radius 1 is 0.913 bits per heavy atom. The van der Waals surface area contributed by atoms with E-state index in [0.717, 1.165) is 23.3 Å². The molecule has 0 saturated carbocycles. The van der Waals surface area contributed by atoms with Crippen LogP contribution in [0.5, 0.6) is 0 Å². The first kappa shape index (κ1) is 15.2.